The van der Waals surface area contributed by atoms with Crippen molar-refractivity contribution in [2.24, 2.45) is 0 Å². The highest BCUT2D eigenvalue weighted by molar-refractivity contribution is 5.29. The Morgan fingerprint density at radius 1 is 1.25 bits per heavy atom. The molecule has 0 aliphatic carbocycles. The Hall–Kier alpha value is -2.58. The molecule has 0 N–H and O–H groups in total. The molecule has 0 saturated carbocycles. The number of aryl methyl sites for hydroxylation is 1. The maximum atomic E-state index is 5.57. The summed E-state index contributed by atoms with van der Waals surface area (Å²) in [5.74, 6) is 1.96. The van der Waals surface area contributed by atoms with Crippen molar-refractivity contribution in [3.05, 3.63) is 54.2 Å². The SMILES string of the molecule is Cc1noc([C@@H]2COCCN2Cc2ncn(-c3ccccc3)n2)n1. The summed E-state index contributed by atoms with van der Waals surface area (Å²) in [4.78, 5) is 11.0. The highest BCUT2D eigenvalue weighted by atomic mass is 16.5. The quantitative estimate of drug-likeness (QED) is 0.719. The average Bonchev–Trinajstić information content (AvgIpc) is 3.25. The van der Waals surface area contributed by atoms with Gasteiger partial charge in [-0.15, -0.1) is 5.10 Å². The van der Waals surface area contributed by atoms with Gasteiger partial charge in [0.1, 0.15) is 12.4 Å². The Bertz CT molecular complexity index is 800. The summed E-state index contributed by atoms with van der Waals surface area (Å²) in [6.45, 7) is 4.38. The van der Waals surface area contributed by atoms with E-state index in [4.69, 9.17) is 9.26 Å². The van der Waals surface area contributed by atoms with Gasteiger partial charge in [0, 0.05) is 6.54 Å². The molecule has 1 aliphatic heterocycles. The second kappa shape index (κ2) is 6.50. The number of para-hydroxylation sites is 1. The van der Waals surface area contributed by atoms with Crippen LogP contribution in [0.4, 0.5) is 0 Å². The summed E-state index contributed by atoms with van der Waals surface area (Å²) in [7, 11) is 0. The monoisotopic (exact) mass is 326 g/mol. The van der Waals surface area contributed by atoms with Gasteiger partial charge in [-0.3, -0.25) is 4.90 Å². The zero-order valence-corrected chi connectivity index (χ0v) is 13.4. The molecule has 124 valence electrons. The number of benzene rings is 1. The normalized spacial score (nSPS) is 18.8. The number of hydrogen-bond acceptors (Lipinski definition) is 7. The molecule has 0 unspecified atom stereocenters. The molecular weight excluding hydrogens is 308 g/mol. The summed E-state index contributed by atoms with van der Waals surface area (Å²) in [5, 5.41) is 8.44. The number of rotatable bonds is 4. The van der Waals surface area contributed by atoms with Crippen LogP contribution >= 0.6 is 0 Å². The van der Waals surface area contributed by atoms with Crippen LogP contribution in [-0.2, 0) is 11.3 Å². The molecule has 0 radical (unpaired) electrons. The molecular formula is C16H18N6O2. The van der Waals surface area contributed by atoms with E-state index in [2.05, 4.69) is 25.1 Å². The topological polar surface area (TPSA) is 82.1 Å². The van der Waals surface area contributed by atoms with Gasteiger partial charge in [-0.25, -0.2) is 9.67 Å². The highest BCUT2D eigenvalue weighted by Gasteiger charge is 2.30. The Morgan fingerprint density at radius 2 is 2.12 bits per heavy atom. The summed E-state index contributed by atoms with van der Waals surface area (Å²) in [6.07, 6.45) is 1.73. The van der Waals surface area contributed by atoms with Crippen LogP contribution in [0.15, 0.2) is 41.2 Å². The first-order valence-electron chi connectivity index (χ1n) is 7.87. The molecule has 8 nitrogen and oxygen atoms in total. The van der Waals surface area contributed by atoms with Crippen LogP contribution in [0.5, 0.6) is 0 Å². The number of ether oxygens (including phenoxy) is 1. The Morgan fingerprint density at radius 3 is 2.92 bits per heavy atom. The van der Waals surface area contributed by atoms with Gasteiger partial charge >= 0.3 is 0 Å². The lowest BCUT2D eigenvalue weighted by molar-refractivity contribution is -0.0251. The van der Waals surface area contributed by atoms with Gasteiger partial charge in [0.25, 0.3) is 0 Å². The first kappa shape index (κ1) is 15.0. The predicted molar refractivity (Wildman–Crippen MR) is 84.4 cm³/mol. The molecule has 0 bridgehead atoms. The minimum atomic E-state index is -0.0661. The van der Waals surface area contributed by atoms with E-state index in [0.29, 0.717) is 31.5 Å². The van der Waals surface area contributed by atoms with E-state index >= 15 is 0 Å². The maximum absolute atomic E-state index is 5.57. The summed E-state index contributed by atoms with van der Waals surface area (Å²) < 4.78 is 12.7. The fourth-order valence-corrected chi connectivity index (χ4v) is 2.76. The number of aromatic nitrogens is 5. The Labute approximate surface area is 139 Å². The molecule has 4 rings (SSSR count). The molecule has 1 aromatic carbocycles. The summed E-state index contributed by atoms with van der Waals surface area (Å²) >= 11 is 0. The predicted octanol–water partition coefficient (Wildman–Crippen LogP) is 1.53. The smallest absolute Gasteiger partial charge is 0.246 e. The van der Waals surface area contributed by atoms with E-state index in [1.54, 1.807) is 11.0 Å². The van der Waals surface area contributed by atoms with Crippen molar-refractivity contribution < 1.29 is 9.26 Å². The molecule has 0 amide bonds. The molecule has 1 fully saturated rings. The van der Waals surface area contributed by atoms with E-state index in [0.717, 1.165) is 18.1 Å². The van der Waals surface area contributed by atoms with Gasteiger partial charge in [0.05, 0.1) is 25.4 Å². The third kappa shape index (κ3) is 3.06. The van der Waals surface area contributed by atoms with Crippen molar-refractivity contribution >= 4 is 0 Å². The van der Waals surface area contributed by atoms with Gasteiger partial charge in [0.2, 0.25) is 5.89 Å². The van der Waals surface area contributed by atoms with Gasteiger partial charge in [-0.05, 0) is 19.1 Å². The maximum Gasteiger partial charge on any atom is 0.246 e. The average molecular weight is 326 g/mol. The molecule has 3 aromatic rings. The molecule has 3 heterocycles. The van der Waals surface area contributed by atoms with Crippen LogP contribution in [-0.4, -0.2) is 49.6 Å². The minimum Gasteiger partial charge on any atom is -0.378 e. The lowest BCUT2D eigenvalue weighted by atomic mass is 10.2. The van der Waals surface area contributed by atoms with Crippen molar-refractivity contribution in [3.63, 3.8) is 0 Å². The highest BCUT2D eigenvalue weighted by Crippen LogP contribution is 2.24. The van der Waals surface area contributed by atoms with Crippen LogP contribution < -0.4 is 0 Å². The zero-order valence-electron chi connectivity index (χ0n) is 13.4. The molecule has 1 aliphatic rings. The lowest BCUT2D eigenvalue weighted by Gasteiger charge is -2.32. The van der Waals surface area contributed by atoms with Crippen LogP contribution in [0.2, 0.25) is 0 Å². The lowest BCUT2D eigenvalue weighted by Crippen LogP contribution is -2.39. The number of hydrogen-bond donors (Lipinski definition) is 0. The Balaban J connectivity index is 1.52. The molecule has 0 spiro atoms. The van der Waals surface area contributed by atoms with E-state index in [1.807, 2.05) is 37.3 Å². The summed E-state index contributed by atoms with van der Waals surface area (Å²) in [6, 6.07) is 9.86. The molecule has 8 heteroatoms. The number of morpholine rings is 1. The third-order valence-electron chi connectivity index (χ3n) is 3.97. The van der Waals surface area contributed by atoms with Crippen molar-refractivity contribution in [3.8, 4) is 5.69 Å². The summed E-state index contributed by atoms with van der Waals surface area (Å²) in [5.41, 5.74) is 0.988. The third-order valence-corrected chi connectivity index (χ3v) is 3.97. The first-order valence-corrected chi connectivity index (χ1v) is 7.87. The fourth-order valence-electron chi connectivity index (χ4n) is 2.76. The zero-order chi connectivity index (χ0) is 16.4. The minimum absolute atomic E-state index is 0.0661. The molecule has 1 saturated heterocycles. The first-order chi connectivity index (χ1) is 11.8. The van der Waals surface area contributed by atoms with E-state index < -0.39 is 0 Å². The van der Waals surface area contributed by atoms with Crippen molar-refractivity contribution in [2.45, 2.75) is 19.5 Å². The van der Waals surface area contributed by atoms with E-state index in [9.17, 15) is 0 Å². The molecule has 1 atom stereocenters. The fraction of sp³-hybridized carbons (Fsp3) is 0.375. The van der Waals surface area contributed by atoms with Crippen LogP contribution in [0, 0.1) is 6.92 Å². The standard InChI is InChI=1S/C16H18N6O2/c1-12-18-16(24-20-12)14-10-23-8-7-21(14)9-15-17-11-22(19-15)13-5-3-2-4-6-13/h2-6,11,14H,7-10H2,1H3/t14-/m0/s1. The molecule has 2 aromatic heterocycles. The van der Waals surface area contributed by atoms with Crippen LogP contribution in [0.3, 0.4) is 0 Å². The largest absolute Gasteiger partial charge is 0.378 e. The van der Waals surface area contributed by atoms with Crippen LogP contribution in [0.25, 0.3) is 5.69 Å². The van der Waals surface area contributed by atoms with E-state index in [-0.39, 0.29) is 6.04 Å². The van der Waals surface area contributed by atoms with Gasteiger partial charge in [-0.1, -0.05) is 23.4 Å². The van der Waals surface area contributed by atoms with Crippen molar-refractivity contribution in [1.29, 1.82) is 0 Å². The van der Waals surface area contributed by atoms with Gasteiger partial charge < -0.3 is 9.26 Å². The van der Waals surface area contributed by atoms with Gasteiger partial charge in [-0.2, -0.15) is 4.98 Å². The van der Waals surface area contributed by atoms with Gasteiger partial charge in [0.15, 0.2) is 11.6 Å². The number of nitrogens with zero attached hydrogens (tertiary/aromatic N) is 6. The van der Waals surface area contributed by atoms with E-state index in [1.165, 1.54) is 0 Å². The molecule has 24 heavy (non-hydrogen) atoms. The Kier molecular flexibility index (Phi) is 4.06. The van der Waals surface area contributed by atoms with Crippen molar-refractivity contribution in [1.82, 2.24) is 29.8 Å². The second-order valence-corrected chi connectivity index (χ2v) is 5.68. The van der Waals surface area contributed by atoms with Crippen LogP contribution in [0.1, 0.15) is 23.6 Å². The second-order valence-electron chi connectivity index (χ2n) is 5.68. The van der Waals surface area contributed by atoms with Crippen molar-refractivity contribution in [2.75, 3.05) is 19.8 Å².